The van der Waals surface area contributed by atoms with Crippen molar-refractivity contribution in [1.82, 2.24) is 15.1 Å². The third kappa shape index (κ3) is 3.47. The van der Waals surface area contributed by atoms with Crippen LogP contribution in [-0.2, 0) is 16.0 Å². The van der Waals surface area contributed by atoms with Crippen LogP contribution in [0.4, 0.5) is 16.3 Å². The summed E-state index contributed by atoms with van der Waals surface area (Å²) in [6.45, 7) is 0. The highest BCUT2D eigenvalue weighted by atomic mass is 16.5. The van der Waals surface area contributed by atoms with Crippen molar-refractivity contribution in [2.75, 3.05) is 17.3 Å². The quantitative estimate of drug-likeness (QED) is 0.545. The van der Waals surface area contributed by atoms with Gasteiger partial charge in [0.2, 0.25) is 5.91 Å². The maximum Gasteiger partial charge on any atom is 0.408 e. The summed E-state index contributed by atoms with van der Waals surface area (Å²) in [5, 5.41) is 20.0. The number of hydrogen-bond donors (Lipinski definition) is 3. The molecule has 1 aliphatic heterocycles. The first-order valence-electron chi connectivity index (χ1n) is 12.0. The van der Waals surface area contributed by atoms with Crippen LogP contribution in [0, 0.1) is 5.92 Å². The van der Waals surface area contributed by atoms with Crippen molar-refractivity contribution >= 4 is 29.4 Å². The van der Waals surface area contributed by atoms with Gasteiger partial charge < -0.3 is 20.1 Å². The van der Waals surface area contributed by atoms with Crippen molar-refractivity contribution in [1.29, 1.82) is 0 Å². The number of nitrogens with zero attached hydrogens (tertiary/aromatic N) is 3. The molecule has 0 spiro atoms. The molecule has 1 aromatic heterocycles. The Bertz CT molecular complexity index is 1250. The highest BCUT2D eigenvalue weighted by Crippen LogP contribution is 2.62. The van der Waals surface area contributed by atoms with Crippen molar-refractivity contribution in [3.05, 3.63) is 41.4 Å². The standard InChI is InChI=1S/C25H27N5O5/c1-29-19-4-2-3-16(23(19)35-22(29)13-31)8-21(32)26-20-9-18(27-28-20)15-5-6-17(7-15)30(24(33)34)25-10-14(11-25)12-25/h2-4,9,14-15,17H,5-8,10-12H2,1H3,(H,33,34)(H2,26,27,28,32)/t14?,15-,17+,25?/m0/s1. The smallest absolute Gasteiger partial charge is 0.408 e. The highest BCUT2D eigenvalue weighted by Gasteiger charge is 2.63. The second-order valence-corrected chi connectivity index (χ2v) is 10.3. The molecule has 0 radical (unpaired) electrons. The van der Waals surface area contributed by atoms with E-state index in [4.69, 9.17) is 4.74 Å². The van der Waals surface area contributed by atoms with Gasteiger partial charge in [0.25, 0.3) is 5.88 Å². The van der Waals surface area contributed by atoms with Crippen molar-refractivity contribution in [2.24, 2.45) is 5.92 Å². The zero-order chi connectivity index (χ0) is 24.3. The first-order chi connectivity index (χ1) is 16.9. The molecule has 3 N–H and O–H groups in total. The summed E-state index contributed by atoms with van der Waals surface area (Å²) >= 11 is 0. The lowest BCUT2D eigenvalue weighted by molar-refractivity contribution is -0.142. The normalized spacial score (nSPS) is 27.9. The van der Waals surface area contributed by atoms with Crippen LogP contribution in [0.1, 0.15) is 55.7 Å². The molecule has 4 saturated carbocycles. The minimum Gasteiger partial charge on any atom is -0.465 e. The van der Waals surface area contributed by atoms with E-state index in [1.165, 1.54) is 0 Å². The zero-order valence-electron chi connectivity index (χ0n) is 19.4. The fraction of sp³-hybridized carbons (Fsp3) is 0.480. The van der Waals surface area contributed by atoms with Gasteiger partial charge in [-0.25, -0.2) is 9.59 Å². The number of fused-ring (bicyclic) bond motifs is 1. The van der Waals surface area contributed by atoms with Gasteiger partial charge in [-0.15, -0.1) is 0 Å². The second-order valence-electron chi connectivity index (χ2n) is 10.3. The average molecular weight is 478 g/mol. The van der Waals surface area contributed by atoms with E-state index >= 15 is 0 Å². The number of carbonyl (C=O) groups is 2. The molecule has 4 fully saturated rings. The summed E-state index contributed by atoms with van der Waals surface area (Å²) < 4.78 is 5.58. The lowest BCUT2D eigenvalue weighted by Gasteiger charge is -2.66. The number of para-hydroxylation sites is 1. The number of benzene rings is 1. The Morgan fingerprint density at radius 3 is 2.83 bits per heavy atom. The molecular formula is C25H27N5O5. The fourth-order valence-corrected chi connectivity index (χ4v) is 6.37. The first kappa shape index (κ1) is 21.7. The van der Waals surface area contributed by atoms with Crippen molar-refractivity contribution in [2.45, 2.75) is 62.4 Å². The van der Waals surface area contributed by atoms with E-state index in [0.717, 1.165) is 50.1 Å². The molecule has 35 heavy (non-hydrogen) atoms. The van der Waals surface area contributed by atoms with Gasteiger partial charge in [-0.05, 0) is 50.5 Å². The summed E-state index contributed by atoms with van der Waals surface area (Å²) in [4.78, 5) is 39.2. The van der Waals surface area contributed by atoms with Crippen LogP contribution in [0.25, 0.3) is 0 Å². The molecule has 0 saturated heterocycles. The molecule has 2 atom stereocenters. The molecule has 2 amide bonds. The summed E-state index contributed by atoms with van der Waals surface area (Å²) in [7, 11) is 1.71. The predicted molar refractivity (Wildman–Crippen MR) is 126 cm³/mol. The van der Waals surface area contributed by atoms with E-state index in [9.17, 15) is 19.5 Å². The number of ether oxygens (including phenoxy) is 1. The molecule has 4 aliphatic carbocycles. The fourth-order valence-electron chi connectivity index (χ4n) is 6.37. The average Bonchev–Trinajstić information content (AvgIpc) is 3.49. The first-order valence-corrected chi connectivity index (χ1v) is 12.0. The Morgan fingerprint density at radius 1 is 1.34 bits per heavy atom. The van der Waals surface area contributed by atoms with E-state index in [2.05, 4.69) is 15.5 Å². The summed E-state index contributed by atoms with van der Waals surface area (Å²) in [6, 6.07) is 7.28. The SMILES string of the molecule is CN1C(=C=O)Oc2c(CC(=O)Nc3cc([C@H]4CC[C@@H](N(C(=O)O)C56CC(C5)C6)C4)[nH]n3)cccc21. The minimum atomic E-state index is -0.801. The van der Waals surface area contributed by atoms with Gasteiger partial charge in [-0.1, -0.05) is 12.1 Å². The minimum absolute atomic E-state index is 0.0312. The zero-order valence-corrected chi connectivity index (χ0v) is 19.4. The molecule has 10 heteroatoms. The number of H-pyrrole nitrogens is 1. The monoisotopic (exact) mass is 477 g/mol. The van der Waals surface area contributed by atoms with Gasteiger partial charge in [-0.3, -0.25) is 14.8 Å². The lowest BCUT2D eigenvalue weighted by atomic mass is 9.49. The van der Waals surface area contributed by atoms with Crippen LogP contribution in [0.15, 0.2) is 30.1 Å². The van der Waals surface area contributed by atoms with E-state index in [-0.39, 0.29) is 35.7 Å². The number of rotatable bonds is 6. The van der Waals surface area contributed by atoms with Gasteiger partial charge in [0.15, 0.2) is 17.5 Å². The van der Waals surface area contributed by atoms with Crippen molar-refractivity contribution in [3.8, 4) is 5.75 Å². The number of hydrogen-bond acceptors (Lipinski definition) is 6. The third-order valence-electron chi connectivity index (χ3n) is 8.18. The summed E-state index contributed by atoms with van der Waals surface area (Å²) in [6.07, 6.45) is 4.80. The second kappa shape index (κ2) is 7.88. The van der Waals surface area contributed by atoms with Gasteiger partial charge in [0.05, 0.1) is 12.1 Å². The predicted octanol–water partition coefficient (Wildman–Crippen LogP) is 3.26. The molecule has 5 aliphatic rings. The number of carboxylic acid groups (broad SMARTS) is 1. The molecule has 182 valence electrons. The summed E-state index contributed by atoms with van der Waals surface area (Å²) in [5.41, 5.74) is 2.17. The maximum atomic E-state index is 12.7. The van der Waals surface area contributed by atoms with Gasteiger partial charge >= 0.3 is 6.09 Å². The third-order valence-corrected chi connectivity index (χ3v) is 8.18. The number of aromatic amines is 1. The number of nitrogens with one attached hydrogen (secondary N) is 2. The Morgan fingerprint density at radius 2 is 2.14 bits per heavy atom. The van der Waals surface area contributed by atoms with E-state index in [0.29, 0.717) is 22.8 Å². The lowest BCUT2D eigenvalue weighted by Crippen LogP contribution is -2.71. The summed E-state index contributed by atoms with van der Waals surface area (Å²) in [5.74, 6) is 3.39. The molecule has 10 nitrogen and oxygen atoms in total. The van der Waals surface area contributed by atoms with E-state index < -0.39 is 6.09 Å². The number of amides is 2. The van der Waals surface area contributed by atoms with E-state index in [1.54, 1.807) is 28.9 Å². The van der Waals surface area contributed by atoms with Crippen molar-refractivity contribution in [3.63, 3.8) is 0 Å². The molecular weight excluding hydrogens is 450 g/mol. The molecule has 2 bridgehead atoms. The molecule has 7 rings (SSSR count). The van der Waals surface area contributed by atoms with Crippen LogP contribution < -0.4 is 15.0 Å². The number of carbonyl (C=O) groups excluding carboxylic acids is 2. The maximum absolute atomic E-state index is 12.7. The number of anilines is 2. The van der Waals surface area contributed by atoms with E-state index in [1.807, 2.05) is 18.2 Å². The molecule has 2 heterocycles. The Kier molecular flexibility index (Phi) is 4.89. The molecule has 2 aromatic rings. The Balaban J connectivity index is 1.09. The topological polar surface area (TPSA) is 128 Å². The molecule has 1 aromatic carbocycles. The Labute approximate surface area is 201 Å². The van der Waals surface area contributed by atoms with Crippen LogP contribution in [0.5, 0.6) is 5.75 Å². The van der Waals surface area contributed by atoms with Crippen LogP contribution >= 0.6 is 0 Å². The Hall–Kier alpha value is -3.78. The van der Waals surface area contributed by atoms with Crippen molar-refractivity contribution < 1.29 is 24.2 Å². The van der Waals surface area contributed by atoms with Gasteiger partial charge in [0, 0.05) is 41.9 Å². The highest BCUT2D eigenvalue weighted by molar-refractivity contribution is 5.92. The van der Waals surface area contributed by atoms with Crippen LogP contribution in [0.3, 0.4) is 0 Å². The number of aromatic nitrogens is 2. The van der Waals surface area contributed by atoms with Gasteiger partial charge in [-0.2, -0.15) is 5.10 Å². The van der Waals surface area contributed by atoms with Crippen LogP contribution in [-0.4, -0.2) is 56.8 Å². The largest absolute Gasteiger partial charge is 0.465 e. The molecule has 0 unspecified atom stereocenters. The van der Waals surface area contributed by atoms with Crippen LogP contribution in [0.2, 0.25) is 0 Å². The van der Waals surface area contributed by atoms with Gasteiger partial charge in [0.1, 0.15) is 0 Å².